The molecular formula is C19H22N10O. The fourth-order valence-corrected chi connectivity index (χ4v) is 3.97. The van der Waals surface area contributed by atoms with E-state index in [0.29, 0.717) is 31.0 Å². The maximum absolute atomic E-state index is 12.9. The van der Waals surface area contributed by atoms with Crippen LogP contribution in [0.3, 0.4) is 0 Å². The fourth-order valence-electron chi connectivity index (χ4n) is 3.97. The summed E-state index contributed by atoms with van der Waals surface area (Å²) in [5.41, 5.74) is 8.15. The lowest BCUT2D eigenvalue weighted by Crippen LogP contribution is -2.55. The van der Waals surface area contributed by atoms with E-state index in [1.165, 1.54) is 0 Å². The van der Waals surface area contributed by atoms with E-state index in [9.17, 15) is 4.79 Å². The average Bonchev–Trinajstić information content (AvgIpc) is 3.35. The van der Waals surface area contributed by atoms with Crippen molar-refractivity contribution >= 4 is 45.4 Å². The van der Waals surface area contributed by atoms with Crippen LogP contribution >= 0.6 is 0 Å². The van der Waals surface area contributed by atoms with Crippen LogP contribution in [0.25, 0.3) is 21.9 Å². The van der Waals surface area contributed by atoms with E-state index in [2.05, 4.69) is 42.4 Å². The minimum atomic E-state index is -0.141. The molecule has 4 heterocycles. The molecule has 4 N–H and O–H groups in total. The number of aryl methyl sites for hydroxylation is 1. The Morgan fingerprint density at radius 3 is 2.97 bits per heavy atom. The molecule has 1 fully saturated rings. The summed E-state index contributed by atoms with van der Waals surface area (Å²) in [4.78, 5) is 25.6. The molecule has 4 aromatic rings. The molecule has 30 heavy (non-hydrogen) atoms. The van der Waals surface area contributed by atoms with Crippen molar-refractivity contribution in [3.05, 3.63) is 30.6 Å². The molecule has 11 nitrogen and oxygen atoms in total. The highest BCUT2D eigenvalue weighted by Crippen LogP contribution is 2.28. The summed E-state index contributed by atoms with van der Waals surface area (Å²) in [7, 11) is 1.82. The van der Waals surface area contributed by atoms with Crippen LogP contribution in [-0.2, 0) is 7.05 Å². The molecule has 1 aliphatic rings. The number of anilines is 3. The number of hydrogen-bond acceptors (Lipinski definition) is 7. The smallest absolute Gasteiger partial charge is 0.322 e. The lowest BCUT2D eigenvalue weighted by atomic mass is 10.2. The van der Waals surface area contributed by atoms with E-state index < -0.39 is 0 Å². The topological polar surface area (TPSA) is 134 Å². The van der Waals surface area contributed by atoms with Crippen molar-refractivity contribution in [1.29, 1.82) is 0 Å². The summed E-state index contributed by atoms with van der Waals surface area (Å²) >= 11 is 0. The van der Waals surface area contributed by atoms with Crippen LogP contribution in [-0.4, -0.2) is 66.6 Å². The number of aromatic amines is 1. The third-order valence-electron chi connectivity index (χ3n) is 5.49. The van der Waals surface area contributed by atoms with Gasteiger partial charge in [0.05, 0.1) is 29.0 Å². The van der Waals surface area contributed by atoms with Crippen LogP contribution in [0.2, 0.25) is 0 Å². The predicted molar refractivity (Wildman–Crippen MR) is 114 cm³/mol. The van der Waals surface area contributed by atoms with Crippen molar-refractivity contribution in [1.82, 2.24) is 34.8 Å². The summed E-state index contributed by atoms with van der Waals surface area (Å²) in [5, 5.41) is 16.1. The number of nitrogens with two attached hydrogens (primary N) is 1. The van der Waals surface area contributed by atoms with Crippen molar-refractivity contribution in [3.63, 3.8) is 0 Å². The van der Waals surface area contributed by atoms with Gasteiger partial charge in [-0.15, -0.1) is 0 Å². The van der Waals surface area contributed by atoms with Crippen molar-refractivity contribution in [3.8, 4) is 0 Å². The number of carbonyl (C=O) groups excluding carboxylic acids is 1. The van der Waals surface area contributed by atoms with Crippen LogP contribution in [0, 0.1) is 0 Å². The molecule has 0 unspecified atom stereocenters. The third-order valence-corrected chi connectivity index (χ3v) is 5.49. The molecule has 3 aromatic heterocycles. The van der Waals surface area contributed by atoms with Gasteiger partial charge in [0.25, 0.3) is 0 Å². The van der Waals surface area contributed by atoms with E-state index in [1.807, 2.05) is 25.2 Å². The monoisotopic (exact) mass is 406 g/mol. The first kappa shape index (κ1) is 18.2. The van der Waals surface area contributed by atoms with Crippen molar-refractivity contribution in [2.45, 2.75) is 13.0 Å². The second-order valence-electron chi connectivity index (χ2n) is 7.47. The van der Waals surface area contributed by atoms with Gasteiger partial charge in [0.2, 0.25) is 5.95 Å². The maximum Gasteiger partial charge on any atom is 0.322 e. The largest absolute Gasteiger partial charge is 0.368 e. The van der Waals surface area contributed by atoms with Gasteiger partial charge in [0.15, 0.2) is 5.65 Å². The number of carbonyl (C=O) groups is 1. The number of aromatic nitrogens is 6. The fraction of sp³-hybridized carbons (Fsp3) is 0.316. The zero-order valence-electron chi connectivity index (χ0n) is 16.7. The summed E-state index contributed by atoms with van der Waals surface area (Å²) in [6.45, 7) is 3.80. The molecule has 0 spiro atoms. The normalized spacial score (nSPS) is 17.1. The second kappa shape index (κ2) is 6.87. The number of piperazine rings is 1. The quantitative estimate of drug-likeness (QED) is 0.460. The highest BCUT2D eigenvalue weighted by atomic mass is 16.2. The molecule has 0 aliphatic carbocycles. The van der Waals surface area contributed by atoms with Crippen molar-refractivity contribution in [2.75, 3.05) is 35.6 Å². The zero-order valence-corrected chi connectivity index (χ0v) is 16.7. The van der Waals surface area contributed by atoms with E-state index >= 15 is 0 Å². The molecule has 1 atom stereocenters. The van der Waals surface area contributed by atoms with E-state index in [4.69, 9.17) is 5.73 Å². The molecule has 2 amide bonds. The molecular weight excluding hydrogens is 384 g/mol. The van der Waals surface area contributed by atoms with Crippen LogP contribution in [0.4, 0.5) is 22.2 Å². The minimum Gasteiger partial charge on any atom is -0.368 e. The lowest BCUT2D eigenvalue weighted by molar-refractivity contribution is 0.200. The first-order chi connectivity index (χ1) is 14.5. The highest BCUT2D eigenvalue weighted by molar-refractivity contribution is 5.99. The molecule has 0 radical (unpaired) electrons. The zero-order chi connectivity index (χ0) is 20.8. The van der Waals surface area contributed by atoms with E-state index in [-0.39, 0.29) is 18.0 Å². The van der Waals surface area contributed by atoms with Crippen LogP contribution in [0.1, 0.15) is 6.92 Å². The van der Waals surface area contributed by atoms with Gasteiger partial charge in [-0.2, -0.15) is 20.2 Å². The number of nitrogens with one attached hydrogen (secondary N) is 2. The number of urea groups is 1. The molecule has 1 aromatic carbocycles. The number of nitrogen functional groups attached to an aromatic ring is 1. The number of benzene rings is 1. The third kappa shape index (κ3) is 2.95. The van der Waals surface area contributed by atoms with E-state index in [0.717, 1.165) is 22.1 Å². The van der Waals surface area contributed by atoms with Gasteiger partial charge in [-0.1, -0.05) is 12.1 Å². The number of para-hydroxylation sites is 1. The van der Waals surface area contributed by atoms with Crippen molar-refractivity contribution in [2.24, 2.45) is 7.05 Å². The van der Waals surface area contributed by atoms with Gasteiger partial charge >= 0.3 is 6.03 Å². The Kier molecular flexibility index (Phi) is 4.16. The summed E-state index contributed by atoms with van der Waals surface area (Å²) in [5.74, 6) is 0.960. The lowest BCUT2D eigenvalue weighted by Gasteiger charge is -2.40. The SMILES string of the molecule is C[C@H]1CN(C(=O)Nc2cccc3cn[nH]c23)CCN1c1nc(N)nc2c1cnn2C. The first-order valence-corrected chi connectivity index (χ1v) is 9.71. The molecule has 1 saturated heterocycles. The van der Waals surface area contributed by atoms with Gasteiger partial charge in [-0.3, -0.25) is 9.78 Å². The van der Waals surface area contributed by atoms with Gasteiger partial charge in [-0.25, -0.2) is 4.79 Å². The molecule has 5 rings (SSSR count). The number of rotatable bonds is 2. The summed E-state index contributed by atoms with van der Waals surface area (Å²) < 4.78 is 1.68. The predicted octanol–water partition coefficient (Wildman–Crippen LogP) is 1.56. The summed E-state index contributed by atoms with van der Waals surface area (Å²) in [6.07, 6.45) is 3.49. The molecule has 0 bridgehead atoms. The number of H-pyrrole nitrogens is 1. The Bertz CT molecular complexity index is 1240. The summed E-state index contributed by atoms with van der Waals surface area (Å²) in [6, 6.07) is 5.61. The number of hydrogen-bond donors (Lipinski definition) is 3. The van der Waals surface area contributed by atoms with Gasteiger partial charge < -0.3 is 20.9 Å². The second-order valence-corrected chi connectivity index (χ2v) is 7.47. The molecule has 154 valence electrons. The maximum atomic E-state index is 12.9. The number of amides is 2. The standard InChI is InChI=1S/C19H22N10O/c1-11-10-28(19(30)23-14-5-3-4-12-8-21-26-15(12)14)6-7-29(11)17-13-9-22-27(2)16(13)24-18(20)25-17/h3-5,8-9,11H,6-7,10H2,1-2H3,(H,21,26)(H,23,30)(H2,20,24,25)/t11-/m0/s1. The Balaban J connectivity index is 1.35. The van der Waals surface area contributed by atoms with Crippen molar-refractivity contribution < 1.29 is 4.79 Å². The number of fused-ring (bicyclic) bond motifs is 2. The van der Waals surface area contributed by atoms with Crippen LogP contribution in [0.15, 0.2) is 30.6 Å². The number of nitrogens with zero attached hydrogens (tertiary/aromatic N) is 7. The molecule has 1 aliphatic heterocycles. The first-order valence-electron chi connectivity index (χ1n) is 9.71. The van der Waals surface area contributed by atoms with Gasteiger partial charge in [-0.05, 0) is 13.0 Å². The van der Waals surface area contributed by atoms with Crippen LogP contribution < -0.4 is 16.0 Å². The molecule has 11 heteroatoms. The Morgan fingerprint density at radius 1 is 1.27 bits per heavy atom. The Hall–Kier alpha value is -3.89. The highest BCUT2D eigenvalue weighted by Gasteiger charge is 2.29. The minimum absolute atomic E-state index is 0.0464. The van der Waals surface area contributed by atoms with E-state index in [1.54, 1.807) is 22.0 Å². The van der Waals surface area contributed by atoms with Gasteiger partial charge in [0.1, 0.15) is 5.82 Å². The Morgan fingerprint density at radius 2 is 2.13 bits per heavy atom. The average molecular weight is 406 g/mol. The molecule has 0 saturated carbocycles. The van der Waals surface area contributed by atoms with Crippen LogP contribution in [0.5, 0.6) is 0 Å². The van der Waals surface area contributed by atoms with Gasteiger partial charge in [0, 0.05) is 38.1 Å². The Labute approximate surface area is 171 Å².